The van der Waals surface area contributed by atoms with Gasteiger partial charge in [0.05, 0.1) is 40.2 Å². The molecule has 0 aliphatic carbocycles. The van der Waals surface area contributed by atoms with E-state index in [-0.39, 0.29) is 17.3 Å². The molecule has 6 rings (SSSR count). The quantitative estimate of drug-likeness (QED) is 0.389. The molecule has 11 heteroatoms. The van der Waals surface area contributed by atoms with E-state index in [1.54, 1.807) is 41.1 Å². The first-order valence-corrected chi connectivity index (χ1v) is 11.4. The minimum absolute atomic E-state index is 0.293. The molecule has 0 unspecified atom stereocenters. The molecule has 2 aromatic carbocycles. The van der Waals surface area contributed by atoms with Crippen LogP contribution in [-0.2, 0) is 0 Å². The summed E-state index contributed by atoms with van der Waals surface area (Å²) in [4.78, 5) is 33.3. The summed E-state index contributed by atoms with van der Waals surface area (Å²) in [5.41, 5.74) is 2.64. The first-order chi connectivity index (χ1) is 17.0. The summed E-state index contributed by atoms with van der Waals surface area (Å²) in [6.07, 6.45) is 2.75. The SMILES string of the molecule is Cc1nn(-c2ccc(F)cc2)c2sc(C(=O)Nc3ccccc3-n3ncc4c(=O)[nH]cnc43)cc12. The number of rotatable bonds is 4. The Balaban J connectivity index is 1.37. The van der Waals surface area contributed by atoms with Crippen molar-refractivity contribution in [2.75, 3.05) is 5.32 Å². The van der Waals surface area contributed by atoms with E-state index in [4.69, 9.17) is 0 Å². The fraction of sp³-hybridized carbons (Fsp3) is 0.0417. The van der Waals surface area contributed by atoms with E-state index < -0.39 is 0 Å². The molecule has 0 radical (unpaired) electrons. The van der Waals surface area contributed by atoms with Gasteiger partial charge in [-0.05, 0) is 49.4 Å². The molecule has 0 saturated carbocycles. The number of fused-ring (bicyclic) bond motifs is 2. The maximum atomic E-state index is 13.4. The number of hydrogen-bond acceptors (Lipinski definition) is 6. The number of nitrogens with zero attached hydrogens (tertiary/aromatic N) is 5. The molecule has 0 fully saturated rings. The van der Waals surface area contributed by atoms with E-state index >= 15 is 0 Å². The minimum atomic E-state index is -0.330. The largest absolute Gasteiger partial charge is 0.319 e. The van der Waals surface area contributed by atoms with Crippen LogP contribution >= 0.6 is 11.3 Å². The molecule has 6 aromatic rings. The zero-order valence-electron chi connectivity index (χ0n) is 18.2. The predicted octanol–water partition coefficient (Wildman–Crippen LogP) is 4.21. The van der Waals surface area contributed by atoms with Crippen LogP contribution in [0.5, 0.6) is 0 Å². The maximum absolute atomic E-state index is 13.4. The molecule has 35 heavy (non-hydrogen) atoms. The summed E-state index contributed by atoms with van der Waals surface area (Å²) in [5, 5.41) is 13.0. The van der Waals surface area contributed by atoms with Crippen LogP contribution in [0.4, 0.5) is 10.1 Å². The molecular weight excluding hydrogens is 469 g/mol. The van der Waals surface area contributed by atoms with Gasteiger partial charge in [-0.3, -0.25) is 9.59 Å². The Hall–Kier alpha value is -4.64. The summed E-state index contributed by atoms with van der Waals surface area (Å²) in [6, 6.07) is 15.0. The zero-order chi connectivity index (χ0) is 24.1. The number of carbonyl (C=O) groups is 1. The highest BCUT2D eigenvalue weighted by atomic mass is 32.1. The van der Waals surface area contributed by atoms with Crippen molar-refractivity contribution in [2.45, 2.75) is 6.92 Å². The molecule has 0 atom stereocenters. The fourth-order valence-electron chi connectivity index (χ4n) is 3.90. The molecular formula is C24H16FN7O2S. The third-order valence-electron chi connectivity index (χ3n) is 5.59. The van der Waals surface area contributed by atoms with Crippen LogP contribution in [-0.4, -0.2) is 35.4 Å². The fourth-order valence-corrected chi connectivity index (χ4v) is 4.97. The smallest absolute Gasteiger partial charge is 0.265 e. The summed E-state index contributed by atoms with van der Waals surface area (Å²) >= 11 is 1.29. The third kappa shape index (κ3) is 3.49. The highest BCUT2D eigenvalue weighted by Gasteiger charge is 2.19. The molecule has 4 heterocycles. The molecule has 1 amide bonds. The molecule has 0 saturated heterocycles. The van der Waals surface area contributed by atoms with Gasteiger partial charge in [0.15, 0.2) is 5.65 Å². The lowest BCUT2D eigenvalue weighted by molar-refractivity contribution is 0.103. The van der Waals surface area contributed by atoms with Crippen LogP contribution in [0.2, 0.25) is 0 Å². The second-order valence-electron chi connectivity index (χ2n) is 7.80. The average Bonchev–Trinajstić information content (AvgIpc) is 3.56. The number of hydrogen-bond donors (Lipinski definition) is 2. The van der Waals surface area contributed by atoms with Crippen LogP contribution in [0.3, 0.4) is 0 Å². The van der Waals surface area contributed by atoms with Crippen LogP contribution in [0.15, 0.2) is 71.9 Å². The van der Waals surface area contributed by atoms with Gasteiger partial charge in [-0.25, -0.2) is 18.7 Å². The van der Waals surface area contributed by atoms with Crippen molar-refractivity contribution in [1.82, 2.24) is 29.5 Å². The zero-order valence-corrected chi connectivity index (χ0v) is 19.0. The lowest BCUT2D eigenvalue weighted by Crippen LogP contribution is -2.13. The highest BCUT2D eigenvalue weighted by molar-refractivity contribution is 7.20. The summed E-state index contributed by atoms with van der Waals surface area (Å²) in [5.74, 6) is -0.630. The third-order valence-corrected chi connectivity index (χ3v) is 6.70. The lowest BCUT2D eigenvalue weighted by Gasteiger charge is -2.11. The Morgan fingerprint density at radius 2 is 1.89 bits per heavy atom. The number of aryl methyl sites for hydroxylation is 1. The van der Waals surface area contributed by atoms with Crippen molar-refractivity contribution in [2.24, 2.45) is 0 Å². The van der Waals surface area contributed by atoms with Gasteiger partial charge in [0.25, 0.3) is 11.5 Å². The van der Waals surface area contributed by atoms with Gasteiger partial charge in [-0.15, -0.1) is 11.3 Å². The maximum Gasteiger partial charge on any atom is 0.265 e. The molecule has 9 nitrogen and oxygen atoms in total. The number of thiophene rings is 1. The van der Waals surface area contributed by atoms with Gasteiger partial charge in [0, 0.05) is 5.39 Å². The number of carbonyl (C=O) groups excluding carboxylic acids is 1. The van der Waals surface area contributed by atoms with Crippen LogP contribution in [0.25, 0.3) is 32.6 Å². The Morgan fingerprint density at radius 1 is 1.09 bits per heavy atom. The van der Waals surface area contributed by atoms with Gasteiger partial charge in [-0.1, -0.05) is 12.1 Å². The minimum Gasteiger partial charge on any atom is -0.319 e. The van der Waals surface area contributed by atoms with Crippen LogP contribution < -0.4 is 10.9 Å². The van der Waals surface area contributed by atoms with E-state index in [0.717, 1.165) is 15.9 Å². The molecule has 0 aliphatic heterocycles. The van der Waals surface area contributed by atoms with E-state index in [0.29, 0.717) is 33.0 Å². The summed E-state index contributed by atoms with van der Waals surface area (Å²) < 4.78 is 16.6. The number of para-hydroxylation sites is 2. The van der Waals surface area contributed by atoms with Crippen molar-refractivity contribution in [3.63, 3.8) is 0 Å². The van der Waals surface area contributed by atoms with E-state index in [9.17, 15) is 14.0 Å². The van der Waals surface area contributed by atoms with Gasteiger partial charge >= 0.3 is 0 Å². The van der Waals surface area contributed by atoms with Crippen molar-refractivity contribution in [3.8, 4) is 11.4 Å². The second kappa shape index (κ2) is 7.99. The molecule has 0 spiro atoms. The number of amides is 1. The van der Waals surface area contributed by atoms with Crippen molar-refractivity contribution >= 4 is 44.2 Å². The summed E-state index contributed by atoms with van der Waals surface area (Å²) in [6.45, 7) is 1.86. The molecule has 0 bridgehead atoms. The monoisotopic (exact) mass is 485 g/mol. The van der Waals surface area contributed by atoms with Crippen molar-refractivity contribution < 1.29 is 9.18 Å². The Bertz CT molecular complexity index is 1800. The van der Waals surface area contributed by atoms with E-state index in [1.807, 2.05) is 13.0 Å². The topological polar surface area (TPSA) is 110 Å². The number of aromatic nitrogens is 6. The van der Waals surface area contributed by atoms with Crippen LogP contribution in [0.1, 0.15) is 15.4 Å². The number of aromatic amines is 1. The van der Waals surface area contributed by atoms with E-state index in [1.165, 1.54) is 40.7 Å². The van der Waals surface area contributed by atoms with Gasteiger partial charge in [-0.2, -0.15) is 10.2 Å². The number of anilines is 1. The number of nitrogens with one attached hydrogen (secondary N) is 2. The highest BCUT2D eigenvalue weighted by Crippen LogP contribution is 2.31. The van der Waals surface area contributed by atoms with Crippen molar-refractivity contribution in [1.29, 1.82) is 0 Å². The number of halogens is 1. The molecule has 2 N–H and O–H groups in total. The Labute approximate surface area is 200 Å². The van der Waals surface area contributed by atoms with Gasteiger partial charge < -0.3 is 10.3 Å². The first-order valence-electron chi connectivity index (χ1n) is 10.6. The standard InChI is InChI=1S/C24H16FN7O2S/c1-13-16-10-20(35-24(16)31(30-13)15-8-6-14(25)7-9-15)23(34)29-18-4-2-3-5-19(18)32-21-17(11-28-32)22(33)27-12-26-21/h2-12H,1H3,(H,29,34)(H,26,27,33). The summed E-state index contributed by atoms with van der Waals surface area (Å²) in [7, 11) is 0. The molecule has 4 aromatic heterocycles. The first kappa shape index (κ1) is 20.9. The van der Waals surface area contributed by atoms with Gasteiger partial charge in [0.2, 0.25) is 0 Å². The van der Waals surface area contributed by atoms with Crippen LogP contribution in [0, 0.1) is 12.7 Å². The normalized spacial score (nSPS) is 11.4. The lowest BCUT2D eigenvalue weighted by atomic mass is 10.2. The average molecular weight is 486 g/mol. The Kier molecular flexibility index (Phi) is 4.78. The predicted molar refractivity (Wildman–Crippen MR) is 131 cm³/mol. The van der Waals surface area contributed by atoms with Gasteiger partial charge in [0.1, 0.15) is 16.0 Å². The van der Waals surface area contributed by atoms with Crippen molar-refractivity contribution in [3.05, 3.63) is 93.9 Å². The Morgan fingerprint density at radius 3 is 2.71 bits per heavy atom. The number of benzene rings is 2. The number of H-pyrrole nitrogens is 1. The molecule has 172 valence electrons. The second-order valence-corrected chi connectivity index (χ2v) is 8.83. The van der Waals surface area contributed by atoms with E-state index in [2.05, 4.69) is 25.5 Å². The molecule has 0 aliphatic rings.